The van der Waals surface area contributed by atoms with E-state index in [9.17, 15) is 27.2 Å². The first-order chi connectivity index (χ1) is 16.5. The minimum absolute atomic E-state index is 0.0131. The molecule has 0 bridgehead atoms. The van der Waals surface area contributed by atoms with E-state index in [4.69, 9.17) is 9.47 Å². The number of ether oxygens (including phenoxy) is 2. The molecular formula is C22H19F5N4O4. The Hall–Kier alpha value is -3.74. The molecule has 0 spiro atoms. The van der Waals surface area contributed by atoms with Gasteiger partial charge >= 0.3 is 11.9 Å². The molecule has 13 heteroatoms. The Labute approximate surface area is 194 Å². The third-order valence-corrected chi connectivity index (χ3v) is 5.38. The number of halogens is 5. The Bertz CT molecular complexity index is 1330. The summed E-state index contributed by atoms with van der Waals surface area (Å²) >= 11 is 0. The fourth-order valence-electron chi connectivity index (χ4n) is 3.45. The van der Waals surface area contributed by atoms with Crippen molar-refractivity contribution in [2.45, 2.75) is 39.3 Å². The number of hydrogen-bond donors (Lipinski definition) is 1. The number of nitrogens with one attached hydrogen (secondary N) is 1. The van der Waals surface area contributed by atoms with E-state index in [-0.39, 0.29) is 31.3 Å². The highest BCUT2D eigenvalue weighted by molar-refractivity contribution is 6.06. The summed E-state index contributed by atoms with van der Waals surface area (Å²) in [6, 6.07) is 5.37. The number of carbonyl (C=O) groups is 1. The van der Waals surface area contributed by atoms with Gasteiger partial charge in [-0.1, -0.05) is 12.1 Å². The summed E-state index contributed by atoms with van der Waals surface area (Å²) in [6.45, 7) is 2.58. The number of hydrogen-bond acceptors (Lipinski definition) is 5. The van der Waals surface area contributed by atoms with Crippen LogP contribution in [0.25, 0.3) is 5.69 Å². The molecule has 0 fully saturated rings. The van der Waals surface area contributed by atoms with Gasteiger partial charge in [0.25, 0.3) is 5.91 Å². The maximum atomic E-state index is 15.1. The number of anilines is 1. The van der Waals surface area contributed by atoms with Crippen molar-refractivity contribution in [3.63, 3.8) is 0 Å². The smallest absolute Gasteiger partial charge is 0.425 e. The van der Waals surface area contributed by atoms with E-state index in [0.717, 1.165) is 12.1 Å². The number of fused-ring (bicyclic) bond motifs is 1. The number of alkyl halides is 3. The molecule has 1 N–H and O–H groups in total. The first-order valence-electron chi connectivity index (χ1n) is 10.4. The van der Waals surface area contributed by atoms with Gasteiger partial charge in [0, 0.05) is 6.07 Å². The number of amides is 1. The fourth-order valence-corrected chi connectivity index (χ4v) is 3.45. The van der Waals surface area contributed by atoms with Crippen molar-refractivity contribution in [1.82, 2.24) is 14.3 Å². The molecule has 1 aromatic heterocycles. The third-order valence-electron chi connectivity index (χ3n) is 5.38. The Balaban J connectivity index is 1.81. The molecule has 2 aromatic carbocycles. The van der Waals surface area contributed by atoms with Crippen LogP contribution >= 0.6 is 0 Å². The minimum atomic E-state index is -4.81. The van der Waals surface area contributed by atoms with Crippen molar-refractivity contribution in [3.05, 3.63) is 69.4 Å². The lowest BCUT2D eigenvalue weighted by molar-refractivity contribution is -0.189. The maximum Gasteiger partial charge on any atom is 0.425 e. The number of aromatic nitrogens is 3. The van der Waals surface area contributed by atoms with Gasteiger partial charge in [0.2, 0.25) is 0 Å². The predicted octanol–water partition coefficient (Wildman–Crippen LogP) is 3.73. The normalized spacial score (nSPS) is 14.4. The lowest BCUT2D eigenvalue weighted by Gasteiger charge is -2.20. The lowest BCUT2D eigenvalue weighted by atomic mass is 10.1. The zero-order valence-corrected chi connectivity index (χ0v) is 18.4. The minimum Gasteiger partial charge on any atom is -0.480 e. The monoisotopic (exact) mass is 498 g/mol. The molecule has 0 aliphatic carbocycles. The highest BCUT2D eigenvalue weighted by Gasteiger charge is 2.39. The molecule has 4 rings (SSSR count). The van der Waals surface area contributed by atoms with Crippen molar-refractivity contribution in [3.8, 4) is 11.4 Å². The van der Waals surface area contributed by atoms with Gasteiger partial charge in [-0.25, -0.2) is 13.6 Å². The van der Waals surface area contributed by atoms with Crippen LogP contribution in [0.3, 0.4) is 0 Å². The quantitative estimate of drug-likeness (QED) is 0.542. The highest BCUT2D eigenvalue weighted by Crippen LogP contribution is 2.31. The van der Waals surface area contributed by atoms with Crippen LogP contribution in [0.15, 0.2) is 35.1 Å². The molecule has 3 aromatic rings. The summed E-state index contributed by atoms with van der Waals surface area (Å²) in [5, 5.41) is 6.23. The molecule has 35 heavy (non-hydrogen) atoms. The molecular weight excluding hydrogens is 479 g/mol. The number of carbonyl (C=O) groups excluding carboxylic acids is 1. The number of aryl methyl sites for hydroxylation is 1. The Kier molecular flexibility index (Phi) is 6.36. The van der Waals surface area contributed by atoms with Gasteiger partial charge in [0.15, 0.2) is 11.9 Å². The van der Waals surface area contributed by atoms with E-state index in [1.807, 2.05) is 0 Å². The summed E-state index contributed by atoms with van der Waals surface area (Å²) in [5.74, 6) is -3.52. The van der Waals surface area contributed by atoms with Crippen LogP contribution < -0.4 is 15.7 Å². The molecule has 0 saturated heterocycles. The van der Waals surface area contributed by atoms with E-state index in [1.165, 1.54) is 23.6 Å². The lowest BCUT2D eigenvalue weighted by Crippen LogP contribution is -2.32. The number of para-hydroxylation sites is 1. The summed E-state index contributed by atoms with van der Waals surface area (Å²) < 4.78 is 81.0. The van der Waals surface area contributed by atoms with Crippen molar-refractivity contribution >= 4 is 11.6 Å². The fraction of sp³-hybridized carbons (Fsp3) is 0.318. The van der Waals surface area contributed by atoms with Gasteiger partial charge in [-0.2, -0.15) is 17.9 Å². The van der Waals surface area contributed by atoms with Crippen LogP contribution in [0.4, 0.5) is 27.6 Å². The second kappa shape index (κ2) is 9.13. The zero-order valence-electron chi connectivity index (χ0n) is 18.4. The molecule has 186 valence electrons. The standard InChI is InChI=1S/C22H19F5N4O4/c1-11-4-3-5-14(23)19(11)28-20(32)13-8-15(24)16(9-17(13)35-12(2)22(25,26)27)31-21(33)30-6-7-34-10-18(30)29-31/h3-5,8-9,12H,6-7,10H2,1-2H3,(H,28,32). The van der Waals surface area contributed by atoms with Gasteiger partial charge in [0.05, 0.1) is 24.4 Å². The summed E-state index contributed by atoms with van der Waals surface area (Å²) in [4.78, 5) is 25.6. The summed E-state index contributed by atoms with van der Waals surface area (Å²) in [6.07, 6.45) is -7.20. The van der Waals surface area contributed by atoms with Crippen molar-refractivity contribution < 1.29 is 36.2 Å². The third kappa shape index (κ3) is 4.76. The zero-order chi connectivity index (χ0) is 25.5. The maximum absolute atomic E-state index is 15.1. The average molecular weight is 498 g/mol. The molecule has 1 amide bonds. The van der Waals surface area contributed by atoms with Crippen LogP contribution in [0.5, 0.6) is 5.75 Å². The number of benzene rings is 2. The molecule has 1 unspecified atom stereocenters. The first kappa shape index (κ1) is 24.4. The van der Waals surface area contributed by atoms with Crippen molar-refractivity contribution in [2.24, 2.45) is 0 Å². The van der Waals surface area contributed by atoms with Crippen LogP contribution in [-0.4, -0.2) is 39.1 Å². The molecule has 0 saturated carbocycles. The van der Waals surface area contributed by atoms with Gasteiger partial charge < -0.3 is 14.8 Å². The van der Waals surface area contributed by atoms with E-state index >= 15 is 4.39 Å². The van der Waals surface area contributed by atoms with E-state index in [0.29, 0.717) is 23.2 Å². The predicted molar refractivity (Wildman–Crippen MR) is 113 cm³/mol. The van der Waals surface area contributed by atoms with Gasteiger partial charge in [-0.3, -0.25) is 9.36 Å². The van der Waals surface area contributed by atoms with E-state index in [2.05, 4.69) is 10.4 Å². The van der Waals surface area contributed by atoms with Crippen LogP contribution in [-0.2, 0) is 17.9 Å². The highest BCUT2D eigenvalue weighted by atomic mass is 19.4. The van der Waals surface area contributed by atoms with E-state index in [1.54, 1.807) is 0 Å². The second-order valence-electron chi connectivity index (χ2n) is 7.80. The van der Waals surface area contributed by atoms with Crippen molar-refractivity contribution in [2.75, 3.05) is 11.9 Å². The Morgan fingerprint density at radius 3 is 2.63 bits per heavy atom. The van der Waals surface area contributed by atoms with Gasteiger partial charge in [0.1, 0.15) is 29.7 Å². The summed E-state index contributed by atoms with van der Waals surface area (Å²) in [5.41, 5.74) is -1.80. The molecule has 1 atom stereocenters. The average Bonchev–Trinajstić information content (AvgIpc) is 3.13. The number of rotatable bonds is 5. The molecule has 2 heterocycles. The second-order valence-corrected chi connectivity index (χ2v) is 7.80. The topological polar surface area (TPSA) is 87.4 Å². The van der Waals surface area contributed by atoms with Crippen molar-refractivity contribution in [1.29, 1.82) is 0 Å². The molecule has 8 nitrogen and oxygen atoms in total. The van der Waals surface area contributed by atoms with E-state index < -0.39 is 52.5 Å². The van der Waals surface area contributed by atoms with Crippen LogP contribution in [0.2, 0.25) is 0 Å². The molecule has 1 aliphatic rings. The Morgan fingerprint density at radius 1 is 1.23 bits per heavy atom. The Morgan fingerprint density at radius 2 is 1.97 bits per heavy atom. The SMILES string of the molecule is Cc1cccc(F)c1NC(=O)c1cc(F)c(-n2nc3n(c2=O)CCOC3)cc1OC(C)C(F)(F)F. The van der Waals surface area contributed by atoms with Crippen LogP contribution in [0, 0.1) is 18.6 Å². The molecule has 1 aliphatic heterocycles. The molecule has 0 radical (unpaired) electrons. The first-order valence-corrected chi connectivity index (χ1v) is 10.4. The number of nitrogens with zero attached hydrogens (tertiary/aromatic N) is 3. The van der Waals surface area contributed by atoms with Gasteiger partial charge in [-0.15, -0.1) is 5.10 Å². The van der Waals surface area contributed by atoms with Crippen LogP contribution in [0.1, 0.15) is 28.7 Å². The largest absolute Gasteiger partial charge is 0.480 e. The summed E-state index contributed by atoms with van der Waals surface area (Å²) in [7, 11) is 0. The van der Waals surface area contributed by atoms with Gasteiger partial charge in [-0.05, 0) is 31.5 Å².